The molecule has 1 saturated heterocycles. The first-order valence-electron chi connectivity index (χ1n) is 6.89. The van der Waals surface area contributed by atoms with E-state index in [0.29, 0.717) is 24.7 Å². The summed E-state index contributed by atoms with van der Waals surface area (Å²) in [5, 5.41) is 3.83. The zero-order chi connectivity index (χ0) is 15.5. The molecule has 0 saturated carbocycles. The maximum atomic E-state index is 12.3. The number of benzene rings is 1. The Hall–Kier alpha value is -1.11. The lowest BCUT2D eigenvalue weighted by atomic mass is 10.0. The van der Waals surface area contributed by atoms with E-state index in [1.165, 1.54) is 0 Å². The van der Waals surface area contributed by atoms with Crippen LogP contribution in [0.1, 0.15) is 18.5 Å². The molecule has 0 aromatic heterocycles. The molecule has 1 N–H and O–H groups in total. The van der Waals surface area contributed by atoms with Crippen molar-refractivity contribution in [2.45, 2.75) is 13.0 Å². The lowest BCUT2D eigenvalue weighted by molar-refractivity contribution is -0.131. The molecule has 1 aliphatic rings. The van der Waals surface area contributed by atoms with Gasteiger partial charge in [-0.3, -0.25) is 4.79 Å². The summed E-state index contributed by atoms with van der Waals surface area (Å²) in [7, 11) is -3.32. The van der Waals surface area contributed by atoms with Crippen LogP contribution in [0.25, 0.3) is 0 Å². The summed E-state index contributed by atoms with van der Waals surface area (Å²) in [4.78, 5) is 14.0. The fourth-order valence-corrected chi connectivity index (χ4v) is 3.33. The molecule has 5 nitrogen and oxygen atoms in total. The van der Waals surface area contributed by atoms with E-state index in [2.05, 4.69) is 5.32 Å². The van der Waals surface area contributed by atoms with Crippen LogP contribution in [0.3, 0.4) is 0 Å². The maximum absolute atomic E-state index is 12.3. The number of hydrogen-bond donors (Lipinski definition) is 1. The van der Waals surface area contributed by atoms with Crippen molar-refractivity contribution in [2.75, 3.05) is 31.1 Å². The minimum atomic E-state index is -3.32. The Bertz CT molecular complexity index is 618. The molecule has 2 rings (SSSR count). The Kier molecular flexibility index (Phi) is 5.24. The molecule has 1 amide bonds. The minimum absolute atomic E-state index is 0.0212. The Balaban J connectivity index is 2.21. The van der Waals surface area contributed by atoms with Crippen molar-refractivity contribution in [2.24, 2.45) is 0 Å². The van der Waals surface area contributed by atoms with Gasteiger partial charge in [0.05, 0.1) is 6.04 Å². The summed E-state index contributed by atoms with van der Waals surface area (Å²) in [5.41, 5.74) is 0.914. The molecule has 1 aromatic rings. The third-order valence-electron chi connectivity index (χ3n) is 3.58. The topological polar surface area (TPSA) is 66.5 Å². The number of nitrogens with one attached hydrogen (secondary N) is 1. The summed E-state index contributed by atoms with van der Waals surface area (Å²) >= 11 is 6.00. The van der Waals surface area contributed by atoms with Crippen LogP contribution >= 0.6 is 11.6 Å². The molecule has 0 radical (unpaired) electrons. The van der Waals surface area contributed by atoms with Crippen LogP contribution in [0, 0.1) is 0 Å². The summed E-state index contributed by atoms with van der Waals surface area (Å²) in [6.07, 6.45) is 0. The molecule has 0 spiro atoms. The first-order valence-corrected chi connectivity index (χ1v) is 9.09. The van der Waals surface area contributed by atoms with Crippen molar-refractivity contribution in [3.63, 3.8) is 0 Å². The van der Waals surface area contributed by atoms with E-state index in [1.807, 2.05) is 18.2 Å². The lowest BCUT2D eigenvalue weighted by Crippen LogP contribution is -2.50. The molecule has 1 heterocycles. The van der Waals surface area contributed by atoms with E-state index in [9.17, 15) is 13.2 Å². The Labute approximate surface area is 130 Å². The number of sulfone groups is 1. The van der Waals surface area contributed by atoms with Gasteiger partial charge in [0.25, 0.3) is 0 Å². The molecule has 1 aromatic carbocycles. The number of rotatable bonds is 4. The average Bonchev–Trinajstić information content (AvgIpc) is 2.47. The highest BCUT2D eigenvalue weighted by Crippen LogP contribution is 2.25. The van der Waals surface area contributed by atoms with E-state index >= 15 is 0 Å². The fraction of sp³-hybridized carbons (Fsp3) is 0.500. The second-order valence-corrected chi connectivity index (χ2v) is 7.83. The zero-order valence-electron chi connectivity index (χ0n) is 11.9. The summed E-state index contributed by atoms with van der Waals surface area (Å²) in [6, 6.07) is 7.13. The van der Waals surface area contributed by atoms with Crippen LogP contribution in [0.15, 0.2) is 24.3 Å². The number of hydrogen-bond acceptors (Lipinski definition) is 4. The van der Waals surface area contributed by atoms with Gasteiger partial charge >= 0.3 is 0 Å². The van der Waals surface area contributed by atoms with Gasteiger partial charge in [0, 0.05) is 30.4 Å². The van der Waals surface area contributed by atoms with Crippen LogP contribution in [-0.2, 0) is 14.6 Å². The van der Waals surface area contributed by atoms with Gasteiger partial charge in [-0.25, -0.2) is 8.42 Å². The standard InChI is InChI=1S/C14H19ClN2O3S/c1-2-21(19,20)10-14(18)17-7-6-16-9-13(17)11-4-3-5-12(15)8-11/h3-5,8,13,16H,2,6-7,9-10H2,1H3. The van der Waals surface area contributed by atoms with Gasteiger partial charge in [-0.05, 0) is 17.7 Å². The van der Waals surface area contributed by atoms with Crippen LogP contribution in [-0.4, -0.2) is 50.4 Å². The molecule has 1 unspecified atom stereocenters. The highest BCUT2D eigenvalue weighted by Gasteiger charge is 2.30. The van der Waals surface area contributed by atoms with Gasteiger partial charge in [-0.2, -0.15) is 0 Å². The highest BCUT2D eigenvalue weighted by atomic mass is 35.5. The monoisotopic (exact) mass is 330 g/mol. The number of piperazine rings is 1. The summed E-state index contributed by atoms with van der Waals surface area (Å²) in [6.45, 7) is 3.30. The van der Waals surface area contributed by atoms with Gasteiger partial charge in [-0.15, -0.1) is 0 Å². The van der Waals surface area contributed by atoms with Gasteiger partial charge in [0.2, 0.25) is 5.91 Å². The van der Waals surface area contributed by atoms with Crippen molar-refractivity contribution in [3.05, 3.63) is 34.9 Å². The normalized spacial score (nSPS) is 19.5. The number of carbonyl (C=O) groups excluding carboxylic acids is 1. The Morgan fingerprint density at radius 2 is 2.24 bits per heavy atom. The predicted molar refractivity (Wildman–Crippen MR) is 83.1 cm³/mol. The molecule has 1 fully saturated rings. The number of carbonyl (C=O) groups is 1. The molecular formula is C14H19ClN2O3S. The van der Waals surface area contributed by atoms with E-state index in [4.69, 9.17) is 11.6 Å². The summed E-state index contributed by atoms with van der Waals surface area (Å²) < 4.78 is 23.3. The molecule has 0 bridgehead atoms. The van der Waals surface area contributed by atoms with Crippen LogP contribution < -0.4 is 5.32 Å². The average molecular weight is 331 g/mol. The van der Waals surface area contributed by atoms with Crippen molar-refractivity contribution >= 4 is 27.3 Å². The highest BCUT2D eigenvalue weighted by molar-refractivity contribution is 7.92. The first-order chi connectivity index (χ1) is 9.93. The smallest absolute Gasteiger partial charge is 0.238 e. The van der Waals surface area contributed by atoms with E-state index in [1.54, 1.807) is 17.9 Å². The van der Waals surface area contributed by atoms with E-state index < -0.39 is 15.6 Å². The number of halogens is 1. The minimum Gasteiger partial charge on any atom is -0.332 e. The van der Waals surface area contributed by atoms with Gasteiger partial charge in [-0.1, -0.05) is 30.7 Å². The lowest BCUT2D eigenvalue weighted by Gasteiger charge is -2.36. The summed E-state index contributed by atoms with van der Waals surface area (Å²) in [5.74, 6) is -0.795. The quantitative estimate of drug-likeness (QED) is 0.902. The third kappa shape index (κ3) is 4.18. The largest absolute Gasteiger partial charge is 0.332 e. The second kappa shape index (κ2) is 6.77. The molecule has 116 valence electrons. The van der Waals surface area contributed by atoms with Crippen molar-refractivity contribution in [3.8, 4) is 0 Å². The van der Waals surface area contributed by atoms with Crippen molar-refractivity contribution in [1.29, 1.82) is 0 Å². The molecular weight excluding hydrogens is 312 g/mol. The van der Waals surface area contributed by atoms with Gasteiger partial charge < -0.3 is 10.2 Å². The Morgan fingerprint density at radius 3 is 2.90 bits per heavy atom. The Morgan fingerprint density at radius 1 is 1.48 bits per heavy atom. The van der Waals surface area contributed by atoms with Crippen molar-refractivity contribution < 1.29 is 13.2 Å². The molecule has 0 aliphatic carbocycles. The van der Waals surface area contributed by atoms with Crippen molar-refractivity contribution in [1.82, 2.24) is 10.2 Å². The predicted octanol–water partition coefficient (Wildman–Crippen LogP) is 1.25. The van der Waals surface area contributed by atoms with Crippen LogP contribution in [0.4, 0.5) is 0 Å². The molecule has 1 atom stereocenters. The SMILES string of the molecule is CCS(=O)(=O)CC(=O)N1CCNCC1c1cccc(Cl)c1. The van der Waals surface area contributed by atoms with Gasteiger partial charge in [0.1, 0.15) is 5.75 Å². The number of amides is 1. The third-order valence-corrected chi connectivity index (χ3v) is 5.38. The molecule has 7 heteroatoms. The maximum Gasteiger partial charge on any atom is 0.238 e. The first kappa shape index (κ1) is 16.3. The fourth-order valence-electron chi connectivity index (χ4n) is 2.39. The van der Waals surface area contributed by atoms with E-state index in [0.717, 1.165) is 5.56 Å². The molecule has 1 aliphatic heterocycles. The van der Waals surface area contributed by atoms with Crippen LogP contribution in [0.2, 0.25) is 5.02 Å². The number of nitrogens with zero attached hydrogens (tertiary/aromatic N) is 1. The van der Waals surface area contributed by atoms with Gasteiger partial charge in [0.15, 0.2) is 9.84 Å². The molecule has 21 heavy (non-hydrogen) atoms. The zero-order valence-corrected chi connectivity index (χ0v) is 13.5. The van der Waals surface area contributed by atoms with Crippen LogP contribution in [0.5, 0.6) is 0 Å². The van der Waals surface area contributed by atoms with E-state index in [-0.39, 0.29) is 17.7 Å². The second-order valence-electron chi connectivity index (χ2n) is 5.04.